The molecular weight excluding hydrogens is 99.0 g/mol. The SMILES string of the molecule is CP(C)(C)(O)O. The predicted octanol–water partition coefficient (Wildman–Crippen LogP) is 0.244. The average molecular weight is 110 g/mol. The Labute approximate surface area is 37.9 Å². The van der Waals surface area contributed by atoms with Gasteiger partial charge in [-0.05, 0) is 0 Å². The molecule has 0 unspecified atom stereocenters. The first kappa shape index (κ1) is 6.35. The van der Waals surface area contributed by atoms with E-state index in [1.54, 1.807) is 0 Å². The van der Waals surface area contributed by atoms with Crippen molar-refractivity contribution in [3.63, 3.8) is 0 Å². The van der Waals surface area contributed by atoms with E-state index in [-0.39, 0.29) is 0 Å². The zero-order chi connectivity index (χ0) is 5.45. The minimum atomic E-state index is -3.05. The van der Waals surface area contributed by atoms with E-state index in [0.717, 1.165) is 0 Å². The zero-order valence-corrected chi connectivity index (χ0v) is 5.24. The summed E-state index contributed by atoms with van der Waals surface area (Å²) in [5.41, 5.74) is 0. The van der Waals surface area contributed by atoms with E-state index in [0.29, 0.717) is 0 Å². The molecule has 0 aromatic carbocycles. The van der Waals surface area contributed by atoms with E-state index in [9.17, 15) is 0 Å². The molecule has 0 aliphatic heterocycles. The molecule has 0 aliphatic carbocycles. The van der Waals surface area contributed by atoms with Crippen LogP contribution in [0.2, 0.25) is 0 Å². The van der Waals surface area contributed by atoms with Crippen LogP contribution in [0.1, 0.15) is 0 Å². The molecule has 3 heteroatoms. The number of hydrogen-bond donors (Lipinski definition) is 2. The molecule has 0 bridgehead atoms. The van der Waals surface area contributed by atoms with Crippen molar-refractivity contribution in [1.29, 1.82) is 0 Å². The topological polar surface area (TPSA) is 40.5 Å². The van der Waals surface area contributed by atoms with E-state index in [4.69, 9.17) is 9.79 Å². The van der Waals surface area contributed by atoms with Crippen LogP contribution >= 0.6 is 7.06 Å². The van der Waals surface area contributed by atoms with Gasteiger partial charge in [0.2, 0.25) is 0 Å². The standard InChI is InChI=1S/C3H11O2P/c1-6(2,3,4)5/h4-5H,1-3H3. The van der Waals surface area contributed by atoms with Crippen LogP contribution in [0.3, 0.4) is 0 Å². The summed E-state index contributed by atoms with van der Waals surface area (Å²) >= 11 is 0. The van der Waals surface area contributed by atoms with Crippen LogP contribution in [0.25, 0.3) is 0 Å². The Morgan fingerprint density at radius 3 is 1.00 bits per heavy atom. The third-order valence-electron chi connectivity index (χ3n) is 0. The van der Waals surface area contributed by atoms with Gasteiger partial charge in [-0.1, -0.05) is 0 Å². The van der Waals surface area contributed by atoms with Crippen molar-refractivity contribution < 1.29 is 9.79 Å². The molecule has 2 nitrogen and oxygen atoms in total. The Bertz CT molecular complexity index is 42.0. The Kier molecular flexibility index (Phi) is 1.00. The predicted molar refractivity (Wildman–Crippen MR) is 29.1 cm³/mol. The summed E-state index contributed by atoms with van der Waals surface area (Å²) in [6.45, 7) is 4.35. The van der Waals surface area contributed by atoms with Crippen LogP contribution in [-0.4, -0.2) is 29.8 Å². The average Bonchev–Trinajstić information content (AvgIpc) is 0.650. The van der Waals surface area contributed by atoms with Crippen LogP contribution < -0.4 is 0 Å². The van der Waals surface area contributed by atoms with Gasteiger partial charge in [0.15, 0.2) is 0 Å². The van der Waals surface area contributed by atoms with E-state index in [1.807, 2.05) is 0 Å². The van der Waals surface area contributed by atoms with Gasteiger partial charge in [-0.25, -0.2) is 0 Å². The van der Waals surface area contributed by atoms with Gasteiger partial charge < -0.3 is 0 Å². The molecule has 0 saturated carbocycles. The fourth-order valence-corrected chi connectivity index (χ4v) is 0. The van der Waals surface area contributed by atoms with Gasteiger partial charge in [-0.3, -0.25) is 0 Å². The Morgan fingerprint density at radius 1 is 1.00 bits per heavy atom. The van der Waals surface area contributed by atoms with Crippen LogP contribution in [0.15, 0.2) is 0 Å². The van der Waals surface area contributed by atoms with Crippen LogP contribution in [0.4, 0.5) is 0 Å². The van der Waals surface area contributed by atoms with Gasteiger partial charge in [0.1, 0.15) is 0 Å². The van der Waals surface area contributed by atoms with Crippen molar-refractivity contribution >= 4 is 7.06 Å². The maximum absolute atomic E-state index is 8.67. The summed E-state index contributed by atoms with van der Waals surface area (Å²) in [6, 6.07) is 0. The summed E-state index contributed by atoms with van der Waals surface area (Å²) in [7, 11) is -3.05. The normalized spacial score (nSPS) is 19.2. The molecule has 0 amide bonds. The number of rotatable bonds is 0. The van der Waals surface area contributed by atoms with Gasteiger partial charge in [0.05, 0.1) is 0 Å². The van der Waals surface area contributed by atoms with Gasteiger partial charge >= 0.3 is 36.8 Å². The Morgan fingerprint density at radius 2 is 1.00 bits per heavy atom. The summed E-state index contributed by atoms with van der Waals surface area (Å²) in [4.78, 5) is 17.3. The van der Waals surface area contributed by atoms with Crippen molar-refractivity contribution in [2.75, 3.05) is 20.0 Å². The van der Waals surface area contributed by atoms with Crippen LogP contribution in [0, 0.1) is 0 Å². The molecule has 0 aromatic rings. The monoisotopic (exact) mass is 110 g/mol. The molecular formula is C3H11O2P. The molecule has 0 spiro atoms. The summed E-state index contributed by atoms with van der Waals surface area (Å²) in [5.74, 6) is 0. The first-order chi connectivity index (χ1) is 2.24. The first-order valence-electron chi connectivity index (χ1n) is 1.74. The van der Waals surface area contributed by atoms with Crippen molar-refractivity contribution in [3.05, 3.63) is 0 Å². The van der Waals surface area contributed by atoms with Crippen molar-refractivity contribution in [3.8, 4) is 0 Å². The quantitative estimate of drug-likeness (QED) is 0.438. The van der Waals surface area contributed by atoms with E-state index < -0.39 is 7.06 Å². The fraction of sp³-hybridized carbons (Fsp3) is 1.00. The van der Waals surface area contributed by atoms with Crippen LogP contribution in [0.5, 0.6) is 0 Å². The summed E-state index contributed by atoms with van der Waals surface area (Å²) in [5, 5.41) is 0. The molecule has 0 radical (unpaired) electrons. The molecule has 0 rings (SSSR count). The van der Waals surface area contributed by atoms with Crippen molar-refractivity contribution in [2.24, 2.45) is 0 Å². The molecule has 0 heterocycles. The summed E-state index contributed by atoms with van der Waals surface area (Å²) in [6.07, 6.45) is 0. The second-order valence-corrected chi connectivity index (χ2v) is 7.89. The third-order valence-corrected chi connectivity index (χ3v) is 0. The molecule has 40 valence electrons. The molecule has 2 N–H and O–H groups in total. The Hall–Kier alpha value is 0.350. The van der Waals surface area contributed by atoms with E-state index >= 15 is 0 Å². The minimum absolute atomic E-state index is 1.45. The van der Waals surface area contributed by atoms with Crippen LogP contribution in [-0.2, 0) is 0 Å². The molecule has 0 saturated heterocycles. The van der Waals surface area contributed by atoms with Gasteiger partial charge in [-0.15, -0.1) is 0 Å². The second-order valence-electron chi connectivity index (χ2n) is 2.63. The fourth-order valence-electron chi connectivity index (χ4n) is 0. The van der Waals surface area contributed by atoms with E-state index in [2.05, 4.69) is 0 Å². The second kappa shape index (κ2) is 0.945. The molecule has 0 fully saturated rings. The molecule has 0 aromatic heterocycles. The van der Waals surface area contributed by atoms with E-state index in [1.165, 1.54) is 20.0 Å². The maximum atomic E-state index is 8.67. The molecule has 0 aliphatic rings. The first-order valence-corrected chi connectivity index (χ1v) is 5.22. The zero-order valence-electron chi connectivity index (χ0n) is 4.34. The van der Waals surface area contributed by atoms with Gasteiger partial charge in [0.25, 0.3) is 0 Å². The van der Waals surface area contributed by atoms with Crippen molar-refractivity contribution in [1.82, 2.24) is 0 Å². The molecule has 6 heavy (non-hydrogen) atoms. The number of hydrogen-bond acceptors (Lipinski definition) is 2. The van der Waals surface area contributed by atoms with Gasteiger partial charge in [-0.2, -0.15) is 0 Å². The molecule has 0 atom stereocenters. The summed E-state index contributed by atoms with van der Waals surface area (Å²) < 4.78 is 0. The van der Waals surface area contributed by atoms with Crippen molar-refractivity contribution in [2.45, 2.75) is 0 Å². The Balaban J connectivity index is 3.73. The third kappa shape index (κ3) is 399. The van der Waals surface area contributed by atoms with Gasteiger partial charge in [0, 0.05) is 0 Å².